The summed E-state index contributed by atoms with van der Waals surface area (Å²) < 4.78 is 12.4. The number of ether oxygens (including phenoxy) is 2. The molecule has 4 aromatic rings. The number of fused-ring (bicyclic) bond motifs is 3. The number of esters is 2. The van der Waals surface area contributed by atoms with Gasteiger partial charge in [-0.1, -0.05) is 23.4 Å². The summed E-state index contributed by atoms with van der Waals surface area (Å²) in [6.07, 6.45) is -0.0909. The van der Waals surface area contributed by atoms with Gasteiger partial charge in [-0.25, -0.2) is 4.68 Å². The molecule has 0 radical (unpaired) electrons. The Morgan fingerprint density at radius 1 is 1.07 bits per heavy atom. The lowest BCUT2D eigenvalue weighted by molar-refractivity contribution is -0.140. The minimum absolute atomic E-state index is 0.0496. The Bertz CT molecular complexity index is 1250. The molecule has 3 aromatic heterocycles. The van der Waals surface area contributed by atoms with Crippen molar-refractivity contribution in [1.29, 1.82) is 0 Å². The number of methoxy groups -OCH3 is 2. The van der Waals surface area contributed by atoms with Crippen LogP contribution in [0.1, 0.15) is 5.69 Å². The summed E-state index contributed by atoms with van der Waals surface area (Å²) in [5.41, 5.74) is 1.88. The van der Waals surface area contributed by atoms with Crippen molar-refractivity contribution in [2.45, 2.75) is 11.6 Å². The monoisotopic (exact) mass is 447 g/mol. The zero-order valence-electron chi connectivity index (χ0n) is 15.8. The van der Waals surface area contributed by atoms with Crippen LogP contribution in [0.2, 0.25) is 5.02 Å². The van der Waals surface area contributed by atoms with Gasteiger partial charge in [0, 0.05) is 5.02 Å². The molecular weight excluding hydrogens is 434 g/mol. The van der Waals surface area contributed by atoms with Gasteiger partial charge in [-0.2, -0.15) is 14.6 Å². The molecule has 0 aliphatic rings. The number of benzene rings is 1. The van der Waals surface area contributed by atoms with E-state index in [1.165, 1.54) is 18.7 Å². The van der Waals surface area contributed by atoms with Gasteiger partial charge in [0.25, 0.3) is 5.78 Å². The van der Waals surface area contributed by atoms with Crippen LogP contribution in [0, 0.1) is 0 Å². The van der Waals surface area contributed by atoms with Crippen LogP contribution in [-0.2, 0) is 25.5 Å². The summed E-state index contributed by atoms with van der Waals surface area (Å²) >= 11 is 7.11. The predicted molar refractivity (Wildman–Crippen MR) is 107 cm³/mol. The summed E-state index contributed by atoms with van der Waals surface area (Å²) in [5, 5.41) is 18.1. The molecule has 0 saturated heterocycles. The van der Waals surface area contributed by atoms with E-state index >= 15 is 0 Å². The third-order valence-corrected chi connectivity index (χ3v) is 5.14. The van der Waals surface area contributed by atoms with E-state index in [-0.39, 0.29) is 18.0 Å². The van der Waals surface area contributed by atoms with Crippen molar-refractivity contribution in [2.75, 3.05) is 20.0 Å². The van der Waals surface area contributed by atoms with Crippen molar-refractivity contribution < 1.29 is 19.1 Å². The van der Waals surface area contributed by atoms with Gasteiger partial charge in [-0.15, -0.1) is 15.3 Å². The number of hydrogen-bond donors (Lipinski definition) is 0. The summed E-state index contributed by atoms with van der Waals surface area (Å²) in [6, 6.07) is 6.98. The molecule has 0 N–H and O–H groups in total. The minimum Gasteiger partial charge on any atom is -0.469 e. The molecule has 4 rings (SSSR count). The number of hydrogen-bond acceptors (Lipinski definition) is 10. The van der Waals surface area contributed by atoms with Crippen LogP contribution in [0.3, 0.4) is 0 Å². The van der Waals surface area contributed by atoms with Gasteiger partial charge < -0.3 is 9.47 Å². The zero-order valence-corrected chi connectivity index (χ0v) is 17.3. The lowest BCUT2D eigenvalue weighted by Crippen LogP contribution is -2.06. The highest BCUT2D eigenvalue weighted by atomic mass is 35.5. The molecule has 0 aliphatic carbocycles. The quantitative estimate of drug-likeness (QED) is 0.317. The van der Waals surface area contributed by atoms with Gasteiger partial charge in [0.2, 0.25) is 5.16 Å². The molecule has 30 heavy (non-hydrogen) atoms. The summed E-state index contributed by atoms with van der Waals surface area (Å²) in [6.45, 7) is 0. The third-order valence-electron chi connectivity index (χ3n) is 4.07. The van der Waals surface area contributed by atoms with Crippen LogP contribution >= 0.6 is 23.4 Å². The Hall–Kier alpha value is -3.25. The van der Waals surface area contributed by atoms with E-state index in [4.69, 9.17) is 16.3 Å². The lowest BCUT2D eigenvalue weighted by Gasteiger charge is -2.03. The average Bonchev–Trinajstić information content (AvgIpc) is 3.33. The van der Waals surface area contributed by atoms with Crippen molar-refractivity contribution in [3.05, 3.63) is 35.0 Å². The first-order chi connectivity index (χ1) is 14.5. The second-order valence-electron chi connectivity index (χ2n) is 5.93. The second-order valence-corrected chi connectivity index (χ2v) is 7.31. The fourth-order valence-electron chi connectivity index (χ4n) is 2.66. The van der Waals surface area contributed by atoms with Crippen LogP contribution < -0.4 is 0 Å². The van der Waals surface area contributed by atoms with Gasteiger partial charge in [-0.05, 0) is 24.3 Å². The molecule has 0 bridgehead atoms. The number of carbonyl (C=O) groups excluding carboxylic acids is 2. The molecule has 11 nitrogen and oxygen atoms in total. The molecule has 0 atom stereocenters. The van der Waals surface area contributed by atoms with Crippen LogP contribution in [-0.4, -0.2) is 66.5 Å². The first-order valence-corrected chi connectivity index (χ1v) is 9.90. The Labute approximate surface area is 178 Å². The maximum Gasteiger partial charge on any atom is 0.316 e. The fourth-order valence-corrected chi connectivity index (χ4v) is 3.43. The smallest absolute Gasteiger partial charge is 0.316 e. The SMILES string of the molecule is COC(=O)CSc1nc2nnc3c(CC(=O)OC)nn(-c4ccc(Cl)cc4)c3n2n1. The van der Waals surface area contributed by atoms with E-state index in [0.29, 0.717) is 32.7 Å². The van der Waals surface area contributed by atoms with E-state index in [2.05, 4.69) is 30.1 Å². The van der Waals surface area contributed by atoms with Gasteiger partial charge in [0.15, 0.2) is 11.2 Å². The Balaban J connectivity index is 1.88. The second kappa shape index (κ2) is 8.24. The number of halogens is 1. The Kier molecular flexibility index (Phi) is 5.50. The largest absolute Gasteiger partial charge is 0.469 e. The van der Waals surface area contributed by atoms with Crippen molar-refractivity contribution in [3.63, 3.8) is 0 Å². The van der Waals surface area contributed by atoms with Gasteiger partial charge in [0.05, 0.1) is 32.1 Å². The molecule has 0 unspecified atom stereocenters. The highest BCUT2D eigenvalue weighted by Gasteiger charge is 2.22. The van der Waals surface area contributed by atoms with Crippen LogP contribution in [0.5, 0.6) is 0 Å². The maximum atomic E-state index is 11.8. The molecule has 0 amide bonds. The standard InChI is InChI=1S/C17H14ClN7O4S/c1-28-12(26)7-11-14-15(24(22-11)10-5-3-9(18)4-6-10)25-16(21-20-14)19-17(23-25)30-8-13(27)29-2/h3-6H,7-8H2,1-2H3. The first-order valence-electron chi connectivity index (χ1n) is 8.53. The Morgan fingerprint density at radius 3 is 2.50 bits per heavy atom. The maximum absolute atomic E-state index is 11.8. The van der Waals surface area contributed by atoms with E-state index in [1.54, 1.807) is 28.9 Å². The highest BCUT2D eigenvalue weighted by molar-refractivity contribution is 7.99. The average molecular weight is 448 g/mol. The normalized spacial score (nSPS) is 11.2. The summed E-state index contributed by atoms with van der Waals surface area (Å²) in [5.74, 6) is -0.600. The number of thioether (sulfide) groups is 1. The molecule has 0 aliphatic heterocycles. The molecule has 3 heterocycles. The lowest BCUT2D eigenvalue weighted by atomic mass is 10.3. The minimum atomic E-state index is -0.465. The summed E-state index contributed by atoms with van der Waals surface area (Å²) in [4.78, 5) is 27.5. The topological polar surface area (TPSA) is 126 Å². The third kappa shape index (κ3) is 3.78. The predicted octanol–water partition coefficient (Wildman–Crippen LogP) is 1.49. The van der Waals surface area contributed by atoms with Crippen LogP contribution in [0.25, 0.3) is 22.6 Å². The molecule has 13 heteroatoms. The summed E-state index contributed by atoms with van der Waals surface area (Å²) in [7, 11) is 2.61. The molecule has 1 aromatic carbocycles. The Morgan fingerprint density at radius 2 is 1.80 bits per heavy atom. The highest BCUT2D eigenvalue weighted by Crippen LogP contribution is 2.23. The molecule has 0 spiro atoms. The van der Waals surface area contributed by atoms with E-state index < -0.39 is 11.9 Å². The molecule has 0 saturated carbocycles. The number of carbonyl (C=O) groups is 2. The van der Waals surface area contributed by atoms with E-state index in [0.717, 1.165) is 11.8 Å². The van der Waals surface area contributed by atoms with Crippen molar-refractivity contribution in [2.24, 2.45) is 0 Å². The van der Waals surface area contributed by atoms with Gasteiger partial charge in [-0.3, -0.25) is 9.59 Å². The van der Waals surface area contributed by atoms with Crippen LogP contribution in [0.15, 0.2) is 29.4 Å². The first kappa shape index (κ1) is 20.0. The van der Waals surface area contributed by atoms with Crippen molar-refractivity contribution in [1.82, 2.24) is 34.6 Å². The van der Waals surface area contributed by atoms with Crippen LogP contribution in [0.4, 0.5) is 0 Å². The fraction of sp³-hybridized carbons (Fsp3) is 0.235. The van der Waals surface area contributed by atoms with Gasteiger partial charge in [0.1, 0.15) is 5.69 Å². The number of rotatable bonds is 6. The van der Waals surface area contributed by atoms with Crippen molar-refractivity contribution in [3.8, 4) is 5.69 Å². The molecular formula is C17H14ClN7O4S. The van der Waals surface area contributed by atoms with E-state index in [1.807, 2.05) is 0 Å². The number of aromatic nitrogens is 7. The van der Waals surface area contributed by atoms with E-state index in [9.17, 15) is 9.59 Å². The van der Waals surface area contributed by atoms with Gasteiger partial charge >= 0.3 is 11.9 Å². The number of nitrogens with zero attached hydrogens (tertiary/aromatic N) is 7. The zero-order chi connectivity index (χ0) is 21.3. The molecule has 154 valence electrons. The van der Waals surface area contributed by atoms with Crippen molar-refractivity contribution >= 4 is 52.2 Å². The molecule has 0 fully saturated rings.